The van der Waals surface area contributed by atoms with Crippen molar-refractivity contribution in [1.82, 2.24) is 5.32 Å². The highest BCUT2D eigenvalue weighted by Crippen LogP contribution is 2.19. The van der Waals surface area contributed by atoms with Crippen LogP contribution >= 0.6 is 0 Å². The summed E-state index contributed by atoms with van der Waals surface area (Å²) in [6.45, 7) is 0.505. The molecule has 5 heteroatoms. The summed E-state index contributed by atoms with van der Waals surface area (Å²) in [7, 11) is 0. The Morgan fingerprint density at radius 2 is 2.19 bits per heavy atom. The Bertz CT molecular complexity index is 504. The number of urea groups is 1. The van der Waals surface area contributed by atoms with Crippen molar-refractivity contribution in [2.75, 3.05) is 11.9 Å². The number of hydrogen-bond donors (Lipinski definition) is 2. The molecule has 1 saturated carbocycles. The van der Waals surface area contributed by atoms with Gasteiger partial charge in [-0.1, -0.05) is 18.9 Å². The molecule has 2 rings (SSSR count). The molecule has 0 bridgehead atoms. The van der Waals surface area contributed by atoms with Crippen LogP contribution in [0.3, 0.4) is 0 Å². The Hall–Kier alpha value is -2.22. The molecule has 1 aromatic carbocycles. The summed E-state index contributed by atoms with van der Waals surface area (Å²) in [5, 5.41) is 14.3. The molecule has 0 radical (unpaired) electrons. The van der Waals surface area contributed by atoms with Crippen molar-refractivity contribution in [2.24, 2.45) is 0 Å². The van der Waals surface area contributed by atoms with E-state index in [9.17, 15) is 4.79 Å². The van der Waals surface area contributed by atoms with E-state index < -0.39 is 0 Å². The van der Waals surface area contributed by atoms with Crippen LogP contribution in [0.2, 0.25) is 0 Å². The molecule has 0 unspecified atom stereocenters. The van der Waals surface area contributed by atoms with Gasteiger partial charge in [0.15, 0.2) is 0 Å². The first-order valence-corrected chi connectivity index (χ1v) is 7.45. The fraction of sp³-hybridized carbons (Fsp3) is 0.500. The second kappa shape index (κ2) is 8.15. The molecule has 2 N–H and O–H groups in total. The molecule has 0 spiro atoms. The Morgan fingerprint density at radius 3 is 2.95 bits per heavy atom. The molecular formula is C16H21N3O2. The fourth-order valence-corrected chi connectivity index (χ4v) is 2.43. The minimum Gasteiger partial charge on any atom is -0.493 e. The Labute approximate surface area is 125 Å². The number of hydrogen-bond acceptors (Lipinski definition) is 3. The van der Waals surface area contributed by atoms with Crippen molar-refractivity contribution in [3.8, 4) is 11.8 Å². The van der Waals surface area contributed by atoms with Crippen molar-refractivity contribution in [3.05, 3.63) is 24.3 Å². The van der Waals surface area contributed by atoms with E-state index in [1.165, 1.54) is 12.8 Å². The molecule has 0 heterocycles. The van der Waals surface area contributed by atoms with Crippen LogP contribution in [0.5, 0.6) is 5.75 Å². The van der Waals surface area contributed by atoms with E-state index in [1.807, 2.05) is 18.2 Å². The molecule has 1 fully saturated rings. The first-order valence-electron chi connectivity index (χ1n) is 7.45. The van der Waals surface area contributed by atoms with E-state index in [0.29, 0.717) is 36.9 Å². The van der Waals surface area contributed by atoms with Gasteiger partial charge in [0.2, 0.25) is 0 Å². The maximum absolute atomic E-state index is 11.9. The van der Waals surface area contributed by atoms with E-state index in [1.54, 1.807) is 6.07 Å². The Balaban J connectivity index is 1.79. The molecule has 0 saturated heterocycles. The number of nitrogens with one attached hydrogen (secondary N) is 2. The average Bonchev–Trinajstić information content (AvgIpc) is 2.97. The van der Waals surface area contributed by atoms with E-state index in [0.717, 1.165) is 12.8 Å². The van der Waals surface area contributed by atoms with Gasteiger partial charge in [0, 0.05) is 24.2 Å². The average molecular weight is 287 g/mol. The molecule has 0 aromatic heterocycles. The predicted octanol–water partition coefficient (Wildman–Crippen LogP) is 3.43. The Kier molecular flexibility index (Phi) is 5.89. The van der Waals surface area contributed by atoms with Gasteiger partial charge in [0.1, 0.15) is 5.75 Å². The first kappa shape index (κ1) is 15.2. The number of unbranched alkanes of at least 4 members (excludes halogenated alkanes) is 1. The number of rotatable bonds is 6. The first-order chi connectivity index (χ1) is 10.3. The number of anilines is 1. The molecule has 2 amide bonds. The van der Waals surface area contributed by atoms with E-state index in [2.05, 4.69) is 16.7 Å². The molecule has 0 atom stereocenters. The van der Waals surface area contributed by atoms with E-state index in [4.69, 9.17) is 10.00 Å². The largest absolute Gasteiger partial charge is 0.493 e. The molecule has 1 aliphatic carbocycles. The highest BCUT2D eigenvalue weighted by molar-refractivity contribution is 5.89. The van der Waals surface area contributed by atoms with Crippen LogP contribution < -0.4 is 15.4 Å². The van der Waals surface area contributed by atoms with Gasteiger partial charge in [-0.05, 0) is 31.4 Å². The summed E-state index contributed by atoms with van der Waals surface area (Å²) in [6, 6.07) is 9.52. The summed E-state index contributed by atoms with van der Waals surface area (Å²) in [5.74, 6) is 0.701. The zero-order chi connectivity index (χ0) is 14.9. The number of carbonyl (C=O) groups excluding carboxylic acids is 1. The summed E-state index contributed by atoms with van der Waals surface area (Å²) in [6.07, 6.45) is 5.71. The molecule has 112 valence electrons. The summed E-state index contributed by atoms with van der Waals surface area (Å²) >= 11 is 0. The Morgan fingerprint density at radius 1 is 1.38 bits per heavy atom. The van der Waals surface area contributed by atoms with Crippen LogP contribution in [0.1, 0.15) is 38.5 Å². The topological polar surface area (TPSA) is 74.1 Å². The zero-order valence-corrected chi connectivity index (χ0v) is 12.1. The second-order valence-electron chi connectivity index (χ2n) is 5.22. The van der Waals surface area contributed by atoms with Gasteiger partial charge in [-0.15, -0.1) is 0 Å². The van der Waals surface area contributed by atoms with Gasteiger partial charge in [-0.2, -0.15) is 5.26 Å². The van der Waals surface area contributed by atoms with Crippen molar-refractivity contribution < 1.29 is 9.53 Å². The van der Waals surface area contributed by atoms with Crippen molar-refractivity contribution in [1.29, 1.82) is 5.26 Å². The SMILES string of the molecule is N#CCCCOc1cccc(NC(=O)NC2CCCC2)c1. The van der Waals surface area contributed by atoms with Crippen molar-refractivity contribution in [3.63, 3.8) is 0 Å². The molecule has 1 aliphatic rings. The molecular weight excluding hydrogens is 266 g/mol. The molecule has 0 aliphatic heterocycles. The highest BCUT2D eigenvalue weighted by atomic mass is 16.5. The molecule has 21 heavy (non-hydrogen) atoms. The van der Waals surface area contributed by atoms with Crippen LogP contribution in [-0.2, 0) is 0 Å². The number of nitrogens with zero attached hydrogens (tertiary/aromatic N) is 1. The lowest BCUT2D eigenvalue weighted by atomic mass is 10.2. The van der Waals surface area contributed by atoms with Gasteiger partial charge < -0.3 is 15.4 Å². The smallest absolute Gasteiger partial charge is 0.319 e. The van der Waals surface area contributed by atoms with E-state index >= 15 is 0 Å². The third-order valence-corrected chi connectivity index (χ3v) is 3.48. The lowest BCUT2D eigenvalue weighted by Gasteiger charge is -2.13. The second-order valence-corrected chi connectivity index (χ2v) is 5.22. The van der Waals surface area contributed by atoms with Gasteiger partial charge in [0.05, 0.1) is 12.7 Å². The van der Waals surface area contributed by atoms with Crippen LogP contribution in [0, 0.1) is 11.3 Å². The van der Waals surface area contributed by atoms with E-state index in [-0.39, 0.29) is 6.03 Å². The lowest BCUT2D eigenvalue weighted by molar-refractivity contribution is 0.248. The maximum atomic E-state index is 11.9. The number of nitriles is 1. The standard InChI is InChI=1S/C16H21N3O2/c17-10-3-4-11-21-15-9-5-8-14(12-15)19-16(20)18-13-6-1-2-7-13/h5,8-9,12-13H,1-4,6-7,11H2,(H2,18,19,20). The molecule has 1 aromatic rings. The van der Waals surface area contributed by atoms with Crippen LogP contribution in [0.4, 0.5) is 10.5 Å². The summed E-state index contributed by atoms with van der Waals surface area (Å²) in [5.41, 5.74) is 0.711. The number of carbonyl (C=O) groups is 1. The van der Waals surface area contributed by atoms with Gasteiger partial charge in [0.25, 0.3) is 0 Å². The van der Waals surface area contributed by atoms with Crippen molar-refractivity contribution >= 4 is 11.7 Å². The monoisotopic (exact) mass is 287 g/mol. The van der Waals surface area contributed by atoms with Crippen LogP contribution in [0.25, 0.3) is 0 Å². The fourth-order valence-electron chi connectivity index (χ4n) is 2.43. The van der Waals surface area contributed by atoms with Crippen molar-refractivity contribution in [2.45, 2.75) is 44.6 Å². The quantitative estimate of drug-likeness (QED) is 0.787. The van der Waals surface area contributed by atoms with Crippen LogP contribution in [-0.4, -0.2) is 18.7 Å². The summed E-state index contributed by atoms with van der Waals surface area (Å²) in [4.78, 5) is 11.9. The lowest BCUT2D eigenvalue weighted by Crippen LogP contribution is -2.36. The summed E-state index contributed by atoms with van der Waals surface area (Å²) < 4.78 is 5.54. The zero-order valence-electron chi connectivity index (χ0n) is 12.1. The maximum Gasteiger partial charge on any atom is 0.319 e. The van der Waals surface area contributed by atoms with Gasteiger partial charge in [-0.3, -0.25) is 0 Å². The minimum absolute atomic E-state index is 0.163. The van der Waals surface area contributed by atoms with Gasteiger partial charge in [-0.25, -0.2) is 4.79 Å². The number of ether oxygens (including phenoxy) is 1. The normalized spacial score (nSPS) is 14.4. The third kappa shape index (κ3) is 5.35. The predicted molar refractivity (Wildman–Crippen MR) is 81.2 cm³/mol. The number of amides is 2. The highest BCUT2D eigenvalue weighted by Gasteiger charge is 2.16. The molecule has 5 nitrogen and oxygen atoms in total. The minimum atomic E-state index is -0.163. The number of benzene rings is 1. The third-order valence-electron chi connectivity index (χ3n) is 3.48. The van der Waals surface area contributed by atoms with Gasteiger partial charge >= 0.3 is 6.03 Å². The van der Waals surface area contributed by atoms with Crippen LogP contribution in [0.15, 0.2) is 24.3 Å².